The topological polar surface area (TPSA) is 63.6 Å². The van der Waals surface area contributed by atoms with Gasteiger partial charge in [-0.1, -0.05) is 18.7 Å². The summed E-state index contributed by atoms with van der Waals surface area (Å²) >= 11 is 0. The lowest BCUT2D eigenvalue weighted by molar-refractivity contribution is -0.137. The van der Waals surface area contributed by atoms with Crippen LogP contribution in [0.25, 0.3) is 0 Å². The Morgan fingerprint density at radius 2 is 1.89 bits per heavy atom. The van der Waals surface area contributed by atoms with Gasteiger partial charge in [-0.15, -0.1) is 0 Å². The van der Waals surface area contributed by atoms with Crippen molar-refractivity contribution in [3.8, 4) is 5.75 Å². The number of rotatable bonds is 6. The lowest BCUT2D eigenvalue weighted by Crippen LogP contribution is -2.08. The van der Waals surface area contributed by atoms with Gasteiger partial charge in [0.25, 0.3) is 0 Å². The molecule has 0 saturated carbocycles. The molecule has 18 heavy (non-hydrogen) atoms. The number of hydrogen-bond acceptors (Lipinski definition) is 3. The first-order valence-electron chi connectivity index (χ1n) is 5.67. The van der Waals surface area contributed by atoms with E-state index < -0.39 is 11.9 Å². The number of carbonyl (C=O) groups excluding carboxylic acids is 1. The van der Waals surface area contributed by atoms with E-state index in [-0.39, 0.29) is 6.42 Å². The van der Waals surface area contributed by atoms with Gasteiger partial charge in [-0.05, 0) is 37.5 Å². The van der Waals surface area contributed by atoms with E-state index in [1.165, 1.54) is 0 Å². The minimum Gasteiger partial charge on any atom is -0.481 e. The second-order valence-electron chi connectivity index (χ2n) is 4.06. The smallest absolute Gasteiger partial charge is 0.338 e. The number of carboxylic acids is 1. The number of carbonyl (C=O) groups is 2. The van der Waals surface area contributed by atoms with Gasteiger partial charge in [0.2, 0.25) is 0 Å². The zero-order valence-corrected chi connectivity index (χ0v) is 10.3. The summed E-state index contributed by atoms with van der Waals surface area (Å²) in [5, 5.41) is 8.52. The van der Waals surface area contributed by atoms with Crippen LogP contribution < -0.4 is 4.74 Å². The Morgan fingerprint density at radius 3 is 2.39 bits per heavy atom. The molecule has 0 fully saturated rings. The monoisotopic (exact) mass is 248 g/mol. The van der Waals surface area contributed by atoms with Gasteiger partial charge in [-0.3, -0.25) is 4.79 Å². The molecule has 1 aromatic rings. The van der Waals surface area contributed by atoms with Crippen LogP contribution in [0.4, 0.5) is 0 Å². The summed E-state index contributed by atoms with van der Waals surface area (Å²) < 4.78 is 5.04. The van der Waals surface area contributed by atoms with E-state index in [0.717, 1.165) is 5.56 Å². The summed E-state index contributed by atoms with van der Waals surface area (Å²) in [7, 11) is 0. The van der Waals surface area contributed by atoms with E-state index in [0.29, 0.717) is 24.2 Å². The van der Waals surface area contributed by atoms with Gasteiger partial charge < -0.3 is 9.84 Å². The zero-order chi connectivity index (χ0) is 13.5. The Morgan fingerprint density at radius 1 is 1.28 bits per heavy atom. The van der Waals surface area contributed by atoms with Crippen molar-refractivity contribution in [3.05, 3.63) is 42.0 Å². The Kier molecular flexibility index (Phi) is 5.11. The van der Waals surface area contributed by atoms with Crippen LogP contribution >= 0.6 is 0 Å². The Hall–Kier alpha value is -2.10. The van der Waals surface area contributed by atoms with Crippen LogP contribution in [0.15, 0.2) is 36.4 Å². The number of hydrogen-bond donors (Lipinski definition) is 1. The summed E-state index contributed by atoms with van der Waals surface area (Å²) in [6, 6.07) is 7.03. The molecule has 96 valence electrons. The first-order valence-corrected chi connectivity index (χ1v) is 5.67. The first kappa shape index (κ1) is 14.0. The molecule has 0 atom stereocenters. The van der Waals surface area contributed by atoms with Gasteiger partial charge in [0.05, 0.1) is 0 Å². The van der Waals surface area contributed by atoms with Crippen LogP contribution in [0.3, 0.4) is 0 Å². The molecule has 1 aromatic carbocycles. The quantitative estimate of drug-likeness (QED) is 0.477. The molecule has 0 amide bonds. The summed E-state index contributed by atoms with van der Waals surface area (Å²) in [5.41, 5.74) is 1.37. The Labute approximate surface area is 106 Å². The molecule has 0 radical (unpaired) electrons. The molecule has 0 bridgehead atoms. The molecule has 1 N–H and O–H groups in total. The maximum Gasteiger partial charge on any atom is 0.338 e. The molecular formula is C14H16O4. The second kappa shape index (κ2) is 6.59. The minimum atomic E-state index is -0.790. The van der Waals surface area contributed by atoms with E-state index >= 15 is 0 Å². The first-order chi connectivity index (χ1) is 8.49. The molecule has 0 spiro atoms. The maximum absolute atomic E-state index is 11.3. The SMILES string of the molecule is C=C(C)C(=O)Oc1ccc(CCCC(=O)O)cc1. The highest BCUT2D eigenvalue weighted by Gasteiger charge is 2.05. The van der Waals surface area contributed by atoms with Crippen molar-refractivity contribution in [3.63, 3.8) is 0 Å². The number of aliphatic carboxylic acids is 1. The maximum atomic E-state index is 11.3. The predicted molar refractivity (Wildman–Crippen MR) is 67.5 cm³/mol. The zero-order valence-electron chi connectivity index (χ0n) is 10.3. The Balaban J connectivity index is 2.49. The fraction of sp³-hybridized carbons (Fsp3) is 0.286. The molecule has 0 aliphatic heterocycles. The van der Waals surface area contributed by atoms with Crippen LogP contribution in [0.5, 0.6) is 5.75 Å². The van der Waals surface area contributed by atoms with Gasteiger partial charge in [-0.2, -0.15) is 0 Å². The number of aryl methyl sites for hydroxylation is 1. The number of benzene rings is 1. The van der Waals surface area contributed by atoms with Gasteiger partial charge >= 0.3 is 11.9 Å². The van der Waals surface area contributed by atoms with E-state index in [2.05, 4.69) is 6.58 Å². The van der Waals surface area contributed by atoms with Crippen LogP contribution in [0.2, 0.25) is 0 Å². The second-order valence-corrected chi connectivity index (χ2v) is 4.06. The van der Waals surface area contributed by atoms with Gasteiger partial charge in [-0.25, -0.2) is 4.79 Å². The average Bonchev–Trinajstić information content (AvgIpc) is 2.30. The number of esters is 1. The molecular weight excluding hydrogens is 232 g/mol. The molecule has 1 rings (SSSR count). The van der Waals surface area contributed by atoms with Crippen molar-refractivity contribution in [1.82, 2.24) is 0 Å². The lowest BCUT2D eigenvalue weighted by Gasteiger charge is -2.05. The van der Waals surface area contributed by atoms with Crippen LogP contribution in [-0.4, -0.2) is 17.0 Å². The highest BCUT2D eigenvalue weighted by Crippen LogP contribution is 2.15. The van der Waals surface area contributed by atoms with E-state index in [4.69, 9.17) is 9.84 Å². The standard InChI is InChI=1S/C14H16O4/c1-10(2)14(17)18-12-8-6-11(7-9-12)4-3-5-13(15)16/h6-9H,1,3-5H2,2H3,(H,15,16). The highest BCUT2D eigenvalue weighted by atomic mass is 16.5. The molecule has 0 aliphatic rings. The molecule has 0 aliphatic carbocycles. The molecule has 0 heterocycles. The van der Waals surface area contributed by atoms with Crippen molar-refractivity contribution < 1.29 is 19.4 Å². The minimum absolute atomic E-state index is 0.159. The Bertz CT molecular complexity index is 445. The predicted octanol–water partition coefficient (Wildman–Crippen LogP) is 2.58. The third-order valence-electron chi connectivity index (χ3n) is 2.34. The fourth-order valence-electron chi connectivity index (χ4n) is 1.36. The van der Waals surface area contributed by atoms with Crippen LogP contribution in [0.1, 0.15) is 25.3 Å². The van der Waals surface area contributed by atoms with Crippen molar-refractivity contribution in [1.29, 1.82) is 0 Å². The summed E-state index contributed by atoms with van der Waals surface area (Å²) in [6.45, 7) is 5.08. The van der Waals surface area contributed by atoms with E-state index in [1.807, 2.05) is 12.1 Å². The highest BCUT2D eigenvalue weighted by molar-refractivity contribution is 5.88. The van der Waals surface area contributed by atoms with Crippen molar-refractivity contribution in [2.45, 2.75) is 26.2 Å². The van der Waals surface area contributed by atoms with Gasteiger partial charge in [0.15, 0.2) is 0 Å². The summed E-state index contributed by atoms with van der Waals surface area (Å²) in [5.74, 6) is -0.777. The third kappa shape index (κ3) is 4.82. The lowest BCUT2D eigenvalue weighted by atomic mass is 10.1. The summed E-state index contributed by atoms with van der Waals surface area (Å²) in [4.78, 5) is 21.6. The van der Waals surface area contributed by atoms with E-state index in [1.54, 1.807) is 19.1 Å². The number of carboxylic acid groups (broad SMARTS) is 1. The molecule has 0 saturated heterocycles. The van der Waals surface area contributed by atoms with Gasteiger partial charge in [0, 0.05) is 12.0 Å². The van der Waals surface area contributed by atoms with Crippen LogP contribution in [0, 0.1) is 0 Å². The third-order valence-corrected chi connectivity index (χ3v) is 2.34. The van der Waals surface area contributed by atoms with Crippen molar-refractivity contribution >= 4 is 11.9 Å². The largest absolute Gasteiger partial charge is 0.481 e. The van der Waals surface area contributed by atoms with Gasteiger partial charge in [0.1, 0.15) is 5.75 Å². The van der Waals surface area contributed by atoms with Crippen LogP contribution in [-0.2, 0) is 16.0 Å². The normalized spacial score (nSPS) is 9.83. The average molecular weight is 248 g/mol. The number of ether oxygens (including phenoxy) is 1. The van der Waals surface area contributed by atoms with Crippen molar-refractivity contribution in [2.24, 2.45) is 0 Å². The molecule has 0 aromatic heterocycles. The molecule has 4 nitrogen and oxygen atoms in total. The molecule has 0 unspecified atom stereocenters. The van der Waals surface area contributed by atoms with Crippen molar-refractivity contribution in [2.75, 3.05) is 0 Å². The fourth-order valence-corrected chi connectivity index (χ4v) is 1.36. The molecule has 4 heteroatoms. The summed E-state index contributed by atoms with van der Waals surface area (Å²) in [6.07, 6.45) is 1.45. The van der Waals surface area contributed by atoms with E-state index in [9.17, 15) is 9.59 Å².